The molecule has 1 unspecified atom stereocenters. The number of para-hydroxylation sites is 1. The Morgan fingerprint density at radius 2 is 1.65 bits per heavy atom. The number of carbonyl (C=O) groups is 1. The molecular formula is C27H20ClN3O2S. The van der Waals surface area contributed by atoms with Crippen molar-refractivity contribution in [3.8, 4) is 0 Å². The average molecular weight is 486 g/mol. The summed E-state index contributed by atoms with van der Waals surface area (Å²) in [6, 6.07) is 25.6. The third-order valence-corrected chi connectivity index (χ3v) is 6.93. The molecule has 0 fully saturated rings. The first-order valence-corrected chi connectivity index (χ1v) is 11.9. The first-order chi connectivity index (χ1) is 16.5. The maximum atomic E-state index is 13.6. The van der Waals surface area contributed by atoms with Crippen LogP contribution in [0.3, 0.4) is 0 Å². The predicted molar refractivity (Wildman–Crippen MR) is 137 cm³/mol. The van der Waals surface area contributed by atoms with Crippen molar-refractivity contribution in [3.05, 3.63) is 132 Å². The Labute approximate surface area is 205 Å². The Morgan fingerprint density at radius 3 is 2.35 bits per heavy atom. The van der Waals surface area contributed by atoms with Crippen LogP contribution in [0.2, 0.25) is 5.02 Å². The molecule has 0 spiro atoms. The molecule has 3 aromatic carbocycles. The van der Waals surface area contributed by atoms with Crippen molar-refractivity contribution in [1.29, 1.82) is 0 Å². The largest absolute Gasteiger partial charge is 0.322 e. The number of amides is 1. The summed E-state index contributed by atoms with van der Waals surface area (Å²) in [7, 11) is 0. The Kier molecular flexibility index (Phi) is 6.01. The summed E-state index contributed by atoms with van der Waals surface area (Å²) in [6.45, 7) is 1.81. The van der Waals surface area contributed by atoms with Crippen LogP contribution in [0.25, 0.3) is 6.08 Å². The number of thiazole rings is 1. The lowest BCUT2D eigenvalue weighted by Crippen LogP contribution is -2.40. The van der Waals surface area contributed by atoms with Crippen LogP contribution in [-0.4, -0.2) is 10.5 Å². The highest BCUT2D eigenvalue weighted by atomic mass is 35.5. The van der Waals surface area contributed by atoms with Gasteiger partial charge in [-0.05, 0) is 42.3 Å². The molecular weight excluding hydrogens is 466 g/mol. The predicted octanol–water partition coefficient (Wildman–Crippen LogP) is 4.53. The van der Waals surface area contributed by atoms with Crippen LogP contribution >= 0.6 is 22.9 Å². The van der Waals surface area contributed by atoms with Crippen LogP contribution in [-0.2, 0) is 4.79 Å². The first-order valence-electron chi connectivity index (χ1n) is 10.7. The van der Waals surface area contributed by atoms with E-state index in [1.54, 1.807) is 23.6 Å². The van der Waals surface area contributed by atoms with Crippen LogP contribution < -0.4 is 20.2 Å². The van der Waals surface area contributed by atoms with Gasteiger partial charge in [-0.3, -0.25) is 14.2 Å². The van der Waals surface area contributed by atoms with Crippen LogP contribution in [0.15, 0.2) is 106 Å². The Morgan fingerprint density at radius 1 is 1.00 bits per heavy atom. The SMILES string of the molecule is CC1=C(C(=O)Nc2ccccc2)C(c2ccccc2)n2c(s/c(=C/c3ccccc3Cl)c2=O)=N1. The standard InChI is InChI=1S/C27H20ClN3O2S/c1-17-23(25(32)30-20-13-6-3-7-14-20)24(18-10-4-2-5-11-18)31-26(33)22(34-27(31)29-17)16-19-12-8-9-15-21(19)28/h2-16,24H,1H3,(H,30,32)/b22-16+. The number of carbonyl (C=O) groups excluding carboxylic acids is 1. The molecule has 0 saturated heterocycles. The van der Waals surface area contributed by atoms with Gasteiger partial charge >= 0.3 is 0 Å². The van der Waals surface area contributed by atoms with Gasteiger partial charge in [-0.2, -0.15) is 0 Å². The van der Waals surface area contributed by atoms with E-state index in [0.717, 1.165) is 11.1 Å². The monoisotopic (exact) mass is 485 g/mol. The topological polar surface area (TPSA) is 63.5 Å². The zero-order valence-electron chi connectivity index (χ0n) is 18.2. The fourth-order valence-corrected chi connectivity index (χ4v) is 5.24. The Balaban J connectivity index is 1.68. The Bertz CT molecular complexity index is 1590. The Hall–Kier alpha value is -3.74. The van der Waals surface area contributed by atoms with Gasteiger partial charge in [-0.15, -0.1) is 0 Å². The lowest BCUT2D eigenvalue weighted by Gasteiger charge is -2.25. The van der Waals surface area contributed by atoms with Gasteiger partial charge in [0.15, 0.2) is 4.80 Å². The van der Waals surface area contributed by atoms with Crippen LogP contribution in [0.1, 0.15) is 24.1 Å². The number of fused-ring (bicyclic) bond motifs is 1. The smallest absolute Gasteiger partial charge is 0.271 e. The van der Waals surface area contributed by atoms with E-state index in [2.05, 4.69) is 10.3 Å². The molecule has 1 atom stereocenters. The van der Waals surface area contributed by atoms with E-state index in [1.807, 2.05) is 78.9 Å². The highest BCUT2D eigenvalue weighted by Gasteiger charge is 2.32. The van der Waals surface area contributed by atoms with Crippen molar-refractivity contribution in [2.45, 2.75) is 13.0 Å². The highest BCUT2D eigenvalue weighted by Crippen LogP contribution is 2.30. The molecule has 0 saturated carbocycles. The number of nitrogens with zero attached hydrogens (tertiary/aromatic N) is 2. The molecule has 168 valence electrons. The van der Waals surface area contributed by atoms with Crippen molar-refractivity contribution >= 4 is 40.6 Å². The maximum Gasteiger partial charge on any atom is 0.271 e. The van der Waals surface area contributed by atoms with E-state index in [-0.39, 0.29) is 11.5 Å². The fourth-order valence-electron chi connectivity index (χ4n) is 4.02. The van der Waals surface area contributed by atoms with Crippen molar-refractivity contribution in [1.82, 2.24) is 4.57 Å². The molecule has 34 heavy (non-hydrogen) atoms. The number of halogens is 1. The van der Waals surface area contributed by atoms with Crippen LogP contribution in [0.5, 0.6) is 0 Å². The van der Waals surface area contributed by atoms with Gasteiger partial charge in [0, 0.05) is 10.7 Å². The molecule has 0 bridgehead atoms. The second-order valence-electron chi connectivity index (χ2n) is 7.83. The summed E-state index contributed by atoms with van der Waals surface area (Å²) in [4.78, 5) is 32.3. The van der Waals surface area contributed by atoms with Crippen molar-refractivity contribution in [2.24, 2.45) is 4.99 Å². The van der Waals surface area contributed by atoms with Gasteiger partial charge in [0.2, 0.25) is 0 Å². The quantitative estimate of drug-likeness (QED) is 0.461. The second-order valence-corrected chi connectivity index (χ2v) is 9.25. The summed E-state index contributed by atoms with van der Waals surface area (Å²) in [6.07, 6.45) is 1.78. The maximum absolute atomic E-state index is 13.6. The molecule has 2 heterocycles. The number of aromatic nitrogens is 1. The molecule has 1 aliphatic rings. The fraction of sp³-hybridized carbons (Fsp3) is 0.0741. The third kappa shape index (κ3) is 4.14. The van der Waals surface area contributed by atoms with Crippen molar-refractivity contribution in [3.63, 3.8) is 0 Å². The number of hydrogen-bond acceptors (Lipinski definition) is 4. The minimum atomic E-state index is -0.602. The minimum absolute atomic E-state index is 0.213. The molecule has 0 radical (unpaired) electrons. The number of benzene rings is 3. The van der Waals surface area contributed by atoms with E-state index in [1.165, 1.54) is 11.3 Å². The van der Waals surface area contributed by atoms with Gasteiger partial charge in [-0.25, -0.2) is 4.99 Å². The van der Waals surface area contributed by atoms with E-state index in [4.69, 9.17) is 11.6 Å². The van der Waals surface area contributed by atoms with Crippen LogP contribution in [0, 0.1) is 0 Å². The molecule has 7 heteroatoms. The molecule has 5 nitrogen and oxygen atoms in total. The van der Waals surface area contributed by atoms with Gasteiger partial charge in [0.05, 0.1) is 21.8 Å². The summed E-state index contributed by atoms with van der Waals surface area (Å²) < 4.78 is 2.11. The van der Waals surface area contributed by atoms with Gasteiger partial charge in [0.1, 0.15) is 0 Å². The van der Waals surface area contributed by atoms with Crippen molar-refractivity contribution < 1.29 is 4.79 Å². The lowest BCUT2D eigenvalue weighted by atomic mass is 9.95. The van der Waals surface area contributed by atoms with Gasteiger partial charge < -0.3 is 5.32 Å². The summed E-state index contributed by atoms with van der Waals surface area (Å²) >= 11 is 7.61. The molecule has 1 aliphatic heterocycles. The normalized spacial score (nSPS) is 15.6. The van der Waals surface area contributed by atoms with Crippen LogP contribution in [0.4, 0.5) is 5.69 Å². The zero-order valence-corrected chi connectivity index (χ0v) is 19.8. The van der Waals surface area contributed by atoms with E-state index in [9.17, 15) is 9.59 Å². The summed E-state index contributed by atoms with van der Waals surface area (Å²) in [5, 5.41) is 3.51. The van der Waals surface area contributed by atoms with Gasteiger partial charge in [-0.1, -0.05) is 89.7 Å². The highest BCUT2D eigenvalue weighted by molar-refractivity contribution is 7.07. The van der Waals surface area contributed by atoms with E-state index >= 15 is 0 Å². The second kappa shape index (κ2) is 9.25. The number of nitrogens with one attached hydrogen (secondary N) is 1. The van der Waals surface area contributed by atoms with Crippen molar-refractivity contribution in [2.75, 3.05) is 5.32 Å². The molecule has 5 rings (SSSR count). The summed E-state index contributed by atoms with van der Waals surface area (Å²) in [5.41, 5.74) is 3.06. The molecule has 1 N–H and O–H groups in total. The number of rotatable bonds is 4. The number of allylic oxidation sites excluding steroid dienone is 1. The minimum Gasteiger partial charge on any atom is -0.322 e. The molecule has 1 amide bonds. The third-order valence-electron chi connectivity index (χ3n) is 5.61. The number of hydrogen-bond donors (Lipinski definition) is 1. The molecule has 1 aromatic heterocycles. The number of anilines is 1. The molecule has 4 aromatic rings. The molecule has 0 aliphatic carbocycles. The van der Waals surface area contributed by atoms with Gasteiger partial charge in [0.25, 0.3) is 11.5 Å². The first kappa shape index (κ1) is 22.1. The van der Waals surface area contributed by atoms with E-state index in [0.29, 0.717) is 31.3 Å². The van der Waals surface area contributed by atoms with E-state index < -0.39 is 6.04 Å². The zero-order chi connectivity index (χ0) is 23.7. The average Bonchev–Trinajstić information content (AvgIpc) is 3.15. The lowest BCUT2D eigenvalue weighted by molar-refractivity contribution is -0.113. The summed E-state index contributed by atoms with van der Waals surface area (Å²) in [5.74, 6) is -0.290.